The highest BCUT2D eigenvalue weighted by Gasteiger charge is 2.30. The monoisotopic (exact) mass is 270 g/mol. The fourth-order valence-electron chi connectivity index (χ4n) is 2.71. The van der Waals surface area contributed by atoms with Gasteiger partial charge in [0, 0.05) is 24.6 Å². The van der Waals surface area contributed by atoms with Gasteiger partial charge in [0.25, 0.3) is 5.91 Å². The first-order valence-electron chi connectivity index (χ1n) is 6.89. The molecule has 0 aliphatic carbocycles. The van der Waals surface area contributed by atoms with Crippen LogP contribution in [0.4, 0.5) is 5.69 Å². The van der Waals surface area contributed by atoms with Gasteiger partial charge in [-0.15, -0.1) is 0 Å². The maximum absolute atomic E-state index is 12.9. The van der Waals surface area contributed by atoms with Crippen LogP contribution in [0.25, 0.3) is 0 Å². The Morgan fingerprint density at radius 2 is 2.25 bits per heavy atom. The van der Waals surface area contributed by atoms with Crippen LogP contribution in [0.3, 0.4) is 0 Å². The first-order valence-corrected chi connectivity index (χ1v) is 6.89. The molecule has 2 aromatic heterocycles. The van der Waals surface area contributed by atoms with Crippen LogP contribution in [-0.4, -0.2) is 27.6 Å². The van der Waals surface area contributed by atoms with Gasteiger partial charge in [0.05, 0.1) is 16.9 Å². The number of carbonyl (C=O) groups is 1. The average molecular weight is 270 g/mol. The van der Waals surface area contributed by atoms with Crippen molar-refractivity contribution in [2.45, 2.75) is 33.1 Å². The highest BCUT2D eigenvalue weighted by molar-refractivity contribution is 6.08. The highest BCUT2D eigenvalue weighted by Crippen LogP contribution is 2.30. The zero-order valence-corrected chi connectivity index (χ0v) is 12.0. The summed E-state index contributed by atoms with van der Waals surface area (Å²) in [6, 6.07) is 1.91. The van der Waals surface area contributed by atoms with Gasteiger partial charge in [0.15, 0.2) is 0 Å². The van der Waals surface area contributed by atoms with Gasteiger partial charge in [0.1, 0.15) is 0 Å². The van der Waals surface area contributed by atoms with Crippen molar-refractivity contribution in [1.82, 2.24) is 15.2 Å². The first kappa shape index (κ1) is 12.8. The van der Waals surface area contributed by atoms with Crippen LogP contribution in [0.15, 0.2) is 18.5 Å². The summed E-state index contributed by atoms with van der Waals surface area (Å²) in [6.45, 7) is 6.71. The van der Waals surface area contributed by atoms with Gasteiger partial charge >= 0.3 is 0 Å². The van der Waals surface area contributed by atoms with Gasteiger partial charge in [-0.2, -0.15) is 5.10 Å². The Hall–Kier alpha value is -2.17. The van der Waals surface area contributed by atoms with Crippen LogP contribution >= 0.6 is 0 Å². The second-order valence-corrected chi connectivity index (χ2v) is 5.47. The molecule has 0 spiro atoms. The van der Waals surface area contributed by atoms with Crippen LogP contribution in [0.1, 0.15) is 47.1 Å². The minimum atomic E-state index is 0.0323. The van der Waals surface area contributed by atoms with E-state index in [-0.39, 0.29) is 11.8 Å². The van der Waals surface area contributed by atoms with Crippen LogP contribution in [0.5, 0.6) is 0 Å². The Morgan fingerprint density at radius 3 is 3.00 bits per heavy atom. The van der Waals surface area contributed by atoms with Crippen molar-refractivity contribution in [1.29, 1.82) is 0 Å². The van der Waals surface area contributed by atoms with E-state index < -0.39 is 0 Å². The molecule has 5 nitrogen and oxygen atoms in total. The number of pyridine rings is 1. The van der Waals surface area contributed by atoms with Crippen LogP contribution in [-0.2, 0) is 6.42 Å². The Labute approximate surface area is 118 Å². The Bertz CT molecular complexity index is 660. The number of fused-ring (bicyclic) bond motifs is 1. The molecule has 0 saturated heterocycles. The average Bonchev–Trinajstić information content (AvgIpc) is 3.01. The molecule has 20 heavy (non-hydrogen) atoms. The van der Waals surface area contributed by atoms with E-state index in [0.717, 1.165) is 29.1 Å². The molecular weight excluding hydrogens is 252 g/mol. The smallest absolute Gasteiger partial charge is 0.262 e. The molecular formula is C15H18N4O. The molecule has 3 rings (SSSR count). The third kappa shape index (κ3) is 1.90. The zero-order chi connectivity index (χ0) is 14.3. The topological polar surface area (TPSA) is 61.9 Å². The van der Waals surface area contributed by atoms with E-state index in [4.69, 9.17) is 0 Å². The summed E-state index contributed by atoms with van der Waals surface area (Å²) in [7, 11) is 0. The van der Waals surface area contributed by atoms with Crippen LogP contribution in [0, 0.1) is 6.92 Å². The van der Waals surface area contributed by atoms with E-state index in [1.807, 2.05) is 37.9 Å². The molecule has 1 aliphatic heterocycles. The summed E-state index contributed by atoms with van der Waals surface area (Å²) >= 11 is 0. The summed E-state index contributed by atoms with van der Waals surface area (Å²) in [5.74, 6) is 0.253. The number of hydrogen-bond acceptors (Lipinski definition) is 3. The number of carbonyl (C=O) groups excluding carboxylic acids is 1. The number of anilines is 1. The Balaban J connectivity index is 2.01. The quantitative estimate of drug-likeness (QED) is 0.911. The van der Waals surface area contributed by atoms with Crippen molar-refractivity contribution < 1.29 is 4.79 Å². The van der Waals surface area contributed by atoms with Crippen LogP contribution < -0.4 is 4.90 Å². The van der Waals surface area contributed by atoms with E-state index >= 15 is 0 Å². The fourth-order valence-corrected chi connectivity index (χ4v) is 2.71. The molecule has 1 N–H and O–H groups in total. The third-order valence-corrected chi connectivity index (χ3v) is 3.75. The van der Waals surface area contributed by atoms with Crippen molar-refractivity contribution in [2.75, 3.05) is 11.4 Å². The minimum Gasteiger partial charge on any atom is -0.308 e. The van der Waals surface area contributed by atoms with Crippen LogP contribution in [0.2, 0.25) is 0 Å². The molecule has 104 valence electrons. The molecule has 0 radical (unpaired) electrons. The van der Waals surface area contributed by atoms with Crippen molar-refractivity contribution in [3.63, 3.8) is 0 Å². The molecule has 0 bridgehead atoms. The lowest BCUT2D eigenvalue weighted by Gasteiger charge is -2.18. The lowest BCUT2D eigenvalue weighted by atomic mass is 10.0. The molecule has 0 fully saturated rings. The maximum atomic E-state index is 12.9. The number of aromatic nitrogens is 3. The molecule has 3 heterocycles. The SMILES string of the molecule is Cc1[nH]nc(C(C)C)c1C(=O)N1CCc2cnccc21. The zero-order valence-electron chi connectivity index (χ0n) is 12.0. The number of rotatable bonds is 2. The van der Waals surface area contributed by atoms with Crippen molar-refractivity contribution in [3.8, 4) is 0 Å². The van der Waals surface area contributed by atoms with Gasteiger partial charge in [-0.3, -0.25) is 14.9 Å². The van der Waals surface area contributed by atoms with Gasteiger partial charge in [-0.1, -0.05) is 13.8 Å². The number of H-pyrrole nitrogens is 1. The number of aromatic amines is 1. The lowest BCUT2D eigenvalue weighted by molar-refractivity contribution is 0.0987. The predicted octanol–water partition coefficient (Wildman–Crippen LogP) is 2.44. The summed E-state index contributed by atoms with van der Waals surface area (Å²) < 4.78 is 0. The number of hydrogen-bond donors (Lipinski definition) is 1. The number of nitrogens with zero attached hydrogens (tertiary/aromatic N) is 3. The second kappa shape index (κ2) is 4.74. The summed E-state index contributed by atoms with van der Waals surface area (Å²) in [4.78, 5) is 18.8. The molecule has 0 saturated carbocycles. The van der Waals surface area contributed by atoms with Crippen molar-refractivity contribution in [2.24, 2.45) is 0 Å². The molecule has 2 aromatic rings. The third-order valence-electron chi connectivity index (χ3n) is 3.75. The van der Waals surface area contributed by atoms with Gasteiger partial charge in [-0.05, 0) is 30.9 Å². The van der Waals surface area contributed by atoms with Crippen molar-refractivity contribution >= 4 is 11.6 Å². The standard InChI is InChI=1S/C15H18N4O/c1-9(2)14-13(10(3)17-18-14)15(20)19-7-5-11-8-16-6-4-12(11)19/h4,6,8-9H,5,7H2,1-3H3,(H,17,18). The highest BCUT2D eigenvalue weighted by atomic mass is 16.2. The fraction of sp³-hybridized carbons (Fsp3) is 0.400. The number of nitrogens with one attached hydrogen (secondary N) is 1. The molecule has 5 heteroatoms. The molecule has 0 aromatic carbocycles. The molecule has 0 atom stereocenters. The Kier molecular flexibility index (Phi) is 3.04. The number of amides is 1. The first-order chi connectivity index (χ1) is 9.59. The van der Waals surface area contributed by atoms with E-state index in [9.17, 15) is 4.79 Å². The Morgan fingerprint density at radius 1 is 1.45 bits per heavy atom. The number of aryl methyl sites for hydroxylation is 1. The van der Waals surface area contributed by atoms with E-state index in [2.05, 4.69) is 15.2 Å². The summed E-state index contributed by atoms with van der Waals surface area (Å²) in [5.41, 5.74) is 4.49. The lowest BCUT2D eigenvalue weighted by Crippen LogP contribution is -2.30. The van der Waals surface area contributed by atoms with E-state index in [1.54, 1.807) is 6.20 Å². The summed E-state index contributed by atoms with van der Waals surface area (Å²) in [6.07, 6.45) is 4.44. The predicted molar refractivity (Wildman–Crippen MR) is 77.0 cm³/mol. The summed E-state index contributed by atoms with van der Waals surface area (Å²) in [5, 5.41) is 7.22. The van der Waals surface area contributed by atoms with Gasteiger partial charge < -0.3 is 4.90 Å². The molecule has 1 amide bonds. The van der Waals surface area contributed by atoms with Crippen molar-refractivity contribution in [3.05, 3.63) is 41.0 Å². The normalized spacial score (nSPS) is 13.9. The maximum Gasteiger partial charge on any atom is 0.262 e. The van der Waals surface area contributed by atoms with E-state index in [0.29, 0.717) is 12.1 Å². The largest absolute Gasteiger partial charge is 0.308 e. The van der Waals surface area contributed by atoms with E-state index in [1.165, 1.54) is 0 Å². The second-order valence-electron chi connectivity index (χ2n) is 5.47. The van der Waals surface area contributed by atoms with Gasteiger partial charge in [-0.25, -0.2) is 0 Å². The molecule has 0 unspecified atom stereocenters. The molecule has 1 aliphatic rings. The minimum absolute atomic E-state index is 0.0323. The van der Waals surface area contributed by atoms with Gasteiger partial charge in [0.2, 0.25) is 0 Å².